The number of carbonyl (C=O) groups is 2. The van der Waals surface area contributed by atoms with Crippen molar-refractivity contribution in [3.8, 4) is 5.75 Å². The molecule has 8 heteroatoms. The third kappa shape index (κ3) is 6.23. The van der Waals surface area contributed by atoms with Crippen molar-refractivity contribution in [3.63, 3.8) is 0 Å². The summed E-state index contributed by atoms with van der Waals surface area (Å²) in [5, 5.41) is 6.19. The summed E-state index contributed by atoms with van der Waals surface area (Å²) in [6.07, 6.45) is 1.66. The van der Waals surface area contributed by atoms with E-state index in [2.05, 4.69) is 27.0 Å². The largest absolute Gasteiger partial charge is 0.495 e. The lowest BCUT2D eigenvalue weighted by Gasteiger charge is -2.37. The van der Waals surface area contributed by atoms with Gasteiger partial charge in [-0.25, -0.2) is 0 Å². The van der Waals surface area contributed by atoms with E-state index in [0.29, 0.717) is 29.5 Å². The lowest BCUT2D eigenvalue weighted by molar-refractivity contribution is -0.124. The molecule has 1 heterocycles. The van der Waals surface area contributed by atoms with Gasteiger partial charge in [-0.15, -0.1) is 6.58 Å². The predicted molar refractivity (Wildman–Crippen MR) is 107 cm³/mol. The van der Waals surface area contributed by atoms with Crippen LogP contribution in [0.25, 0.3) is 0 Å². The van der Waals surface area contributed by atoms with Gasteiger partial charge in [0.15, 0.2) is 0 Å². The Kier molecular flexibility index (Phi) is 8.09. The highest BCUT2D eigenvalue weighted by atomic mass is 35.5. The molecule has 1 aliphatic rings. The van der Waals surface area contributed by atoms with Crippen molar-refractivity contribution >= 4 is 29.1 Å². The average molecular weight is 395 g/mol. The molecule has 0 spiro atoms. The highest BCUT2D eigenvalue weighted by molar-refractivity contribution is 6.31. The van der Waals surface area contributed by atoms with E-state index < -0.39 is 0 Å². The Morgan fingerprint density at radius 2 is 2.04 bits per heavy atom. The number of methoxy groups -OCH3 is 1. The van der Waals surface area contributed by atoms with Crippen molar-refractivity contribution in [1.29, 1.82) is 0 Å². The van der Waals surface area contributed by atoms with Gasteiger partial charge in [0.2, 0.25) is 11.8 Å². The smallest absolute Gasteiger partial charge is 0.241 e. The van der Waals surface area contributed by atoms with Crippen LogP contribution in [0.2, 0.25) is 5.02 Å². The zero-order chi connectivity index (χ0) is 19.8. The van der Waals surface area contributed by atoms with Crippen LogP contribution in [0.5, 0.6) is 5.75 Å². The number of amides is 2. The van der Waals surface area contributed by atoms with E-state index in [4.69, 9.17) is 16.3 Å². The zero-order valence-electron chi connectivity index (χ0n) is 15.8. The second kappa shape index (κ2) is 10.3. The summed E-state index contributed by atoms with van der Waals surface area (Å²) in [6.45, 7) is 9.20. The van der Waals surface area contributed by atoms with Gasteiger partial charge >= 0.3 is 0 Å². The second-order valence-electron chi connectivity index (χ2n) is 6.41. The number of halogens is 1. The molecule has 1 atom stereocenters. The van der Waals surface area contributed by atoms with E-state index in [9.17, 15) is 9.59 Å². The monoisotopic (exact) mass is 394 g/mol. The molecule has 0 saturated carbocycles. The summed E-state index contributed by atoms with van der Waals surface area (Å²) in [5.74, 6) is 0.435. The van der Waals surface area contributed by atoms with Gasteiger partial charge < -0.3 is 15.4 Å². The Hall–Kier alpha value is -2.09. The molecule has 0 bridgehead atoms. The first-order valence-electron chi connectivity index (χ1n) is 8.93. The molecule has 1 fully saturated rings. The van der Waals surface area contributed by atoms with E-state index in [-0.39, 0.29) is 17.9 Å². The molecular formula is C19H27ClN4O3. The van der Waals surface area contributed by atoms with Gasteiger partial charge in [0.1, 0.15) is 5.75 Å². The van der Waals surface area contributed by atoms with Crippen molar-refractivity contribution < 1.29 is 14.3 Å². The third-order valence-electron chi connectivity index (χ3n) is 4.56. The van der Waals surface area contributed by atoms with Crippen molar-refractivity contribution in [2.45, 2.75) is 13.0 Å². The van der Waals surface area contributed by atoms with E-state index in [1.165, 1.54) is 0 Å². The zero-order valence-corrected chi connectivity index (χ0v) is 16.6. The second-order valence-corrected chi connectivity index (χ2v) is 6.85. The summed E-state index contributed by atoms with van der Waals surface area (Å²) in [4.78, 5) is 28.6. The van der Waals surface area contributed by atoms with Crippen molar-refractivity contribution in [2.24, 2.45) is 0 Å². The molecular weight excluding hydrogens is 368 g/mol. The Balaban J connectivity index is 1.85. The average Bonchev–Trinajstić information content (AvgIpc) is 2.66. The fourth-order valence-corrected chi connectivity index (χ4v) is 3.11. The molecule has 0 aliphatic carbocycles. The number of nitrogens with zero attached hydrogens (tertiary/aromatic N) is 2. The van der Waals surface area contributed by atoms with Gasteiger partial charge in [0, 0.05) is 37.7 Å². The molecule has 2 N–H and O–H groups in total. The molecule has 1 saturated heterocycles. The van der Waals surface area contributed by atoms with Gasteiger partial charge in [-0.2, -0.15) is 0 Å². The van der Waals surface area contributed by atoms with Gasteiger partial charge in [-0.05, 0) is 25.1 Å². The number of nitrogens with one attached hydrogen (secondary N) is 2. The fourth-order valence-electron chi connectivity index (χ4n) is 2.93. The maximum atomic E-state index is 12.6. The molecule has 1 aliphatic heterocycles. The van der Waals surface area contributed by atoms with Crippen molar-refractivity contribution in [1.82, 2.24) is 15.1 Å². The minimum Gasteiger partial charge on any atom is -0.495 e. The fraction of sp³-hybridized carbons (Fsp3) is 0.474. The quantitative estimate of drug-likeness (QED) is 0.655. The normalized spacial score (nSPS) is 16.4. The van der Waals surface area contributed by atoms with E-state index in [1.807, 2.05) is 6.92 Å². The van der Waals surface area contributed by atoms with Crippen LogP contribution >= 0.6 is 11.6 Å². The molecule has 1 aromatic rings. The van der Waals surface area contributed by atoms with Crippen LogP contribution in [0.1, 0.15) is 6.92 Å². The first-order valence-corrected chi connectivity index (χ1v) is 9.30. The Labute approximate surface area is 165 Å². The van der Waals surface area contributed by atoms with Gasteiger partial charge in [-0.3, -0.25) is 19.4 Å². The number of piperazine rings is 1. The first kappa shape index (κ1) is 21.2. The number of ether oxygens (including phenoxy) is 1. The summed E-state index contributed by atoms with van der Waals surface area (Å²) >= 11 is 6.01. The van der Waals surface area contributed by atoms with Crippen LogP contribution in [0.3, 0.4) is 0 Å². The predicted octanol–water partition coefficient (Wildman–Crippen LogP) is 1.60. The van der Waals surface area contributed by atoms with Crippen LogP contribution in [0, 0.1) is 0 Å². The van der Waals surface area contributed by atoms with E-state index in [0.717, 1.165) is 26.2 Å². The number of anilines is 1. The van der Waals surface area contributed by atoms with E-state index in [1.54, 1.807) is 31.4 Å². The van der Waals surface area contributed by atoms with Crippen LogP contribution in [0.4, 0.5) is 5.69 Å². The molecule has 27 heavy (non-hydrogen) atoms. The number of hydrogen-bond donors (Lipinski definition) is 2. The summed E-state index contributed by atoms with van der Waals surface area (Å²) in [7, 11) is 1.55. The Morgan fingerprint density at radius 1 is 1.33 bits per heavy atom. The van der Waals surface area contributed by atoms with Crippen molar-refractivity contribution in [3.05, 3.63) is 35.9 Å². The standard InChI is InChI=1S/C19H27ClN4O3/c1-4-7-21-18(25)13-23-8-10-24(11-9-23)14(2)19(26)22-16-12-15(20)5-6-17(16)27-3/h4-6,12,14H,1,7-11,13H2,2-3H3,(H,21,25)(H,22,26)/t14-/m1/s1. The molecule has 2 amide bonds. The summed E-state index contributed by atoms with van der Waals surface area (Å²) < 4.78 is 5.27. The number of hydrogen-bond acceptors (Lipinski definition) is 5. The van der Waals surface area contributed by atoms with Crippen LogP contribution < -0.4 is 15.4 Å². The van der Waals surface area contributed by atoms with Crippen molar-refractivity contribution in [2.75, 3.05) is 51.7 Å². The molecule has 148 valence electrons. The van der Waals surface area contributed by atoms with Gasteiger partial charge in [-0.1, -0.05) is 17.7 Å². The highest BCUT2D eigenvalue weighted by Gasteiger charge is 2.26. The SMILES string of the molecule is C=CCNC(=O)CN1CCN([C@H](C)C(=O)Nc2cc(Cl)ccc2OC)CC1. The molecule has 1 aromatic carbocycles. The van der Waals surface area contributed by atoms with Crippen LogP contribution in [-0.2, 0) is 9.59 Å². The first-order chi connectivity index (χ1) is 12.9. The molecule has 2 rings (SSSR count). The number of carbonyl (C=O) groups excluding carboxylic acids is 2. The minimum atomic E-state index is -0.301. The van der Waals surface area contributed by atoms with Crippen LogP contribution in [0.15, 0.2) is 30.9 Å². The topological polar surface area (TPSA) is 73.9 Å². The lowest BCUT2D eigenvalue weighted by atomic mass is 10.2. The molecule has 0 unspecified atom stereocenters. The molecule has 0 radical (unpaired) electrons. The molecule has 7 nitrogen and oxygen atoms in total. The minimum absolute atomic E-state index is 0.0119. The summed E-state index contributed by atoms with van der Waals surface area (Å²) in [6, 6.07) is 4.80. The third-order valence-corrected chi connectivity index (χ3v) is 4.80. The summed E-state index contributed by atoms with van der Waals surface area (Å²) in [5.41, 5.74) is 0.555. The highest BCUT2D eigenvalue weighted by Crippen LogP contribution is 2.28. The molecule has 0 aromatic heterocycles. The Morgan fingerprint density at radius 3 is 2.67 bits per heavy atom. The number of rotatable bonds is 8. The Bertz CT molecular complexity index is 675. The van der Waals surface area contributed by atoms with E-state index >= 15 is 0 Å². The van der Waals surface area contributed by atoms with Gasteiger partial charge in [0.05, 0.1) is 25.4 Å². The maximum absolute atomic E-state index is 12.6. The number of benzene rings is 1. The van der Waals surface area contributed by atoms with Crippen LogP contribution in [-0.4, -0.2) is 74.0 Å². The van der Waals surface area contributed by atoms with Gasteiger partial charge in [0.25, 0.3) is 0 Å². The lowest BCUT2D eigenvalue weighted by Crippen LogP contribution is -2.54. The maximum Gasteiger partial charge on any atom is 0.241 e.